The van der Waals surface area contributed by atoms with Gasteiger partial charge in [-0.05, 0) is 5.41 Å². The predicted molar refractivity (Wildman–Crippen MR) is 61.6 cm³/mol. The molecule has 0 spiro atoms. The summed E-state index contributed by atoms with van der Waals surface area (Å²) in [4.78, 5) is 0. The Hall–Kier alpha value is -1.58. The van der Waals surface area contributed by atoms with E-state index < -0.39 is 0 Å². The van der Waals surface area contributed by atoms with Gasteiger partial charge in [-0.2, -0.15) is 0 Å². The molecule has 0 heterocycles. The summed E-state index contributed by atoms with van der Waals surface area (Å²) < 4.78 is 10.3. The normalized spacial score (nSPS) is 11.3. The van der Waals surface area contributed by atoms with Crippen molar-refractivity contribution in [2.24, 2.45) is 0 Å². The summed E-state index contributed by atoms with van der Waals surface area (Å²) in [7, 11) is 2.99. The van der Waals surface area contributed by atoms with Crippen molar-refractivity contribution in [3.63, 3.8) is 0 Å². The molecule has 0 atom stereocenters. The fourth-order valence-corrected chi connectivity index (χ4v) is 1.67. The molecule has 2 N–H and O–H groups in total. The molecule has 0 fully saturated rings. The molecule has 1 aromatic carbocycles. The molecule has 4 heteroatoms. The fraction of sp³-hybridized carbons (Fsp3) is 0.500. The van der Waals surface area contributed by atoms with Crippen molar-refractivity contribution >= 4 is 0 Å². The van der Waals surface area contributed by atoms with E-state index in [1.165, 1.54) is 20.3 Å². The minimum absolute atomic E-state index is 0.162. The smallest absolute Gasteiger partial charge is 0.168 e. The van der Waals surface area contributed by atoms with Crippen LogP contribution < -0.4 is 9.47 Å². The minimum Gasteiger partial charge on any atom is -0.504 e. The monoisotopic (exact) mass is 226 g/mol. The van der Waals surface area contributed by atoms with Gasteiger partial charge in [-0.25, -0.2) is 0 Å². The van der Waals surface area contributed by atoms with Crippen LogP contribution in [0.3, 0.4) is 0 Å². The van der Waals surface area contributed by atoms with Gasteiger partial charge in [-0.1, -0.05) is 20.8 Å². The Kier molecular flexibility index (Phi) is 3.21. The highest BCUT2D eigenvalue weighted by atomic mass is 16.5. The first-order valence-corrected chi connectivity index (χ1v) is 5.00. The molecular formula is C12H18O4. The Morgan fingerprint density at radius 1 is 1.06 bits per heavy atom. The summed E-state index contributed by atoms with van der Waals surface area (Å²) in [5.41, 5.74) is 0.174. The van der Waals surface area contributed by atoms with E-state index in [0.717, 1.165) is 0 Å². The first-order valence-electron chi connectivity index (χ1n) is 5.00. The minimum atomic E-state index is -0.360. The number of phenolic OH excluding ortho intramolecular Hbond substituents is 2. The maximum absolute atomic E-state index is 9.88. The lowest BCUT2D eigenvalue weighted by Crippen LogP contribution is -2.13. The molecule has 16 heavy (non-hydrogen) atoms. The molecule has 0 bridgehead atoms. The number of phenols is 2. The summed E-state index contributed by atoms with van der Waals surface area (Å²) in [6, 6.07) is 1.34. The van der Waals surface area contributed by atoms with Crippen LogP contribution in [0.4, 0.5) is 0 Å². The van der Waals surface area contributed by atoms with Gasteiger partial charge in [0, 0.05) is 11.6 Å². The van der Waals surface area contributed by atoms with E-state index in [9.17, 15) is 10.2 Å². The van der Waals surface area contributed by atoms with Crippen LogP contribution in [0.2, 0.25) is 0 Å². The highest BCUT2D eigenvalue weighted by molar-refractivity contribution is 5.62. The Balaban J connectivity index is 3.60. The lowest BCUT2D eigenvalue weighted by molar-refractivity contribution is 0.326. The zero-order valence-corrected chi connectivity index (χ0v) is 10.3. The van der Waals surface area contributed by atoms with Crippen LogP contribution in [-0.4, -0.2) is 24.4 Å². The van der Waals surface area contributed by atoms with Crippen LogP contribution in [0.15, 0.2) is 6.07 Å². The Morgan fingerprint density at radius 2 is 1.62 bits per heavy atom. The van der Waals surface area contributed by atoms with Crippen molar-refractivity contribution in [1.29, 1.82) is 0 Å². The Bertz CT molecular complexity index is 391. The predicted octanol–water partition coefficient (Wildman–Crippen LogP) is 2.41. The number of ether oxygens (including phenoxy) is 2. The van der Waals surface area contributed by atoms with E-state index in [4.69, 9.17) is 9.47 Å². The van der Waals surface area contributed by atoms with E-state index in [1.807, 2.05) is 20.8 Å². The standard InChI is InChI=1S/C12H18O4/c1-12(2,3)9-10(14)7(13)6-8(15-4)11(9)16-5/h6,13-14H,1-5H3. The van der Waals surface area contributed by atoms with Gasteiger partial charge in [0.1, 0.15) is 0 Å². The maximum Gasteiger partial charge on any atom is 0.168 e. The number of methoxy groups -OCH3 is 2. The zero-order chi connectivity index (χ0) is 12.5. The zero-order valence-electron chi connectivity index (χ0n) is 10.3. The van der Waals surface area contributed by atoms with Gasteiger partial charge in [0.25, 0.3) is 0 Å². The number of rotatable bonds is 2. The summed E-state index contributed by atoms with van der Waals surface area (Å²) in [5, 5.41) is 19.5. The van der Waals surface area contributed by atoms with Crippen LogP contribution in [0.1, 0.15) is 26.3 Å². The van der Waals surface area contributed by atoms with Crippen molar-refractivity contribution in [2.75, 3.05) is 14.2 Å². The molecule has 1 aromatic rings. The van der Waals surface area contributed by atoms with E-state index >= 15 is 0 Å². The summed E-state index contributed by atoms with van der Waals surface area (Å²) >= 11 is 0. The molecule has 0 saturated carbocycles. The van der Waals surface area contributed by atoms with Gasteiger partial charge in [0.15, 0.2) is 23.0 Å². The molecule has 90 valence electrons. The second-order valence-corrected chi connectivity index (χ2v) is 4.60. The molecule has 0 aliphatic carbocycles. The third kappa shape index (κ3) is 2.01. The van der Waals surface area contributed by atoms with Gasteiger partial charge >= 0.3 is 0 Å². The fourth-order valence-electron chi connectivity index (χ4n) is 1.67. The first kappa shape index (κ1) is 12.5. The van der Waals surface area contributed by atoms with Crippen molar-refractivity contribution in [1.82, 2.24) is 0 Å². The van der Waals surface area contributed by atoms with Gasteiger partial charge in [0.05, 0.1) is 14.2 Å². The van der Waals surface area contributed by atoms with Crippen molar-refractivity contribution in [3.05, 3.63) is 11.6 Å². The molecule has 0 unspecified atom stereocenters. The largest absolute Gasteiger partial charge is 0.504 e. The molecule has 0 saturated heterocycles. The van der Waals surface area contributed by atoms with Gasteiger partial charge in [-0.15, -0.1) is 0 Å². The van der Waals surface area contributed by atoms with Crippen LogP contribution in [0.5, 0.6) is 23.0 Å². The van der Waals surface area contributed by atoms with Gasteiger partial charge < -0.3 is 19.7 Å². The van der Waals surface area contributed by atoms with Crippen molar-refractivity contribution < 1.29 is 19.7 Å². The van der Waals surface area contributed by atoms with E-state index in [0.29, 0.717) is 17.1 Å². The highest BCUT2D eigenvalue weighted by Gasteiger charge is 2.28. The van der Waals surface area contributed by atoms with Crippen LogP contribution >= 0.6 is 0 Å². The second kappa shape index (κ2) is 4.12. The molecule has 0 radical (unpaired) electrons. The molecule has 1 rings (SSSR count). The average molecular weight is 226 g/mol. The molecule has 0 aromatic heterocycles. The number of benzene rings is 1. The highest BCUT2D eigenvalue weighted by Crippen LogP contribution is 2.48. The molecule has 0 aliphatic rings. The average Bonchev–Trinajstić information content (AvgIpc) is 2.19. The Morgan fingerprint density at radius 3 is 2.00 bits per heavy atom. The number of hydrogen-bond acceptors (Lipinski definition) is 4. The van der Waals surface area contributed by atoms with Crippen molar-refractivity contribution in [2.45, 2.75) is 26.2 Å². The maximum atomic E-state index is 9.88. The number of aromatic hydroxyl groups is 2. The topological polar surface area (TPSA) is 58.9 Å². The first-order chi connectivity index (χ1) is 7.32. The third-order valence-corrected chi connectivity index (χ3v) is 2.37. The van der Waals surface area contributed by atoms with Crippen LogP contribution in [0, 0.1) is 0 Å². The van der Waals surface area contributed by atoms with Crippen LogP contribution in [0.25, 0.3) is 0 Å². The van der Waals surface area contributed by atoms with E-state index in [1.54, 1.807) is 0 Å². The molecule has 4 nitrogen and oxygen atoms in total. The lowest BCUT2D eigenvalue weighted by atomic mass is 9.85. The van der Waals surface area contributed by atoms with Crippen LogP contribution in [-0.2, 0) is 5.41 Å². The van der Waals surface area contributed by atoms with E-state index in [-0.39, 0.29) is 16.9 Å². The number of hydrogen-bond donors (Lipinski definition) is 2. The SMILES string of the molecule is COc1cc(O)c(O)c(C(C)(C)C)c1OC. The molecule has 0 aliphatic heterocycles. The summed E-state index contributed by atoms with van der Waals surface area (Å²) in [6.45, 7) is 5.76. The lowest BCUT2D eigenvalue weighted by Gasteiger charge is -2.25. The van der Waals surface area contributed by atoms with Crippen molar-refractivity contribution in [3.8, 4) is 23.0 Å². The molecular weight excluding hydrogens is 208 g/mol. The van der Waals surface area contributed by atoms with E-state index in [2.05, 4.69) is 0 Å². The van der Waals surface area contributed by atoms with Gasteiger partial charge in [-0.3, -0.25) is 0 Å². The van der Waals surface area contributed by atoms with Gasteiger partial charge in [0.2, 0.25) is 0 Å². The molecule has 0 amide bonds. The Labute approximate surface area is 95.4 Å². The summed E-state index contributed by atoms with van der Waals surface area (Å²) in [6.07, 6.45) is 0. The third-order valence-electron chi connectivity index (χ3n) is 2.37. The summed E-state index contributed by atoms with van der Waals surface area (Å²) in [5.74, 6) is 0.487. The second-order valence-electron chi connectivity index (χ2n) is 4.60. The quantitative estimate of drug-likeness (QED) is 0.760.